The number of carbonyl (C=O) groups excluding carboxylic acids is 1. The van der Waals surface area contributed by atoms with Crippen LogP contribution in [0.1, 0.15) is 40.4 Å². The maximum Gasteiger partial charge on any atom is 0.261 e. The lowest BCUT2D eigenvalue weighted by molar-refractivity contribution is 0.0919. The van der Waals surface area contributed by atoms with E-state index in [1.165, 1.54) is 21.8 Å². The summed E-state index contributed by atoms with van der Waals surface area (Å²) in [5.41, 5.74) is 1.18. The van der Waals surface area contributed by atoms with Gasteiger partial charge in [-0.1, -0.05) is 13.8 Å². The van der Waals surface area contributed by atoms with Gasteiger partial charge >= 0.3 is 0 Å². The first-order valence-electron chi connectivity index (χ1n) is 5.63. The number of hydrogen-bond acceptors (Lipinski definition) is 3. The maximum atomic E-state index is 11.8. The Morgan fingerprint density at radius 3 is 2.69 bits per heavy atom. The summed E-state index contributed by atoms with van der Waals surface area (Å²) in [7, 11) is 0. The molecule has 3 nitrogen and oxygen atoms in total. The zero-order chi connectivity index (χ0) is 12.1. The van der Waals surface area contributed by atoms with E-state index in [4.69, 9.17) is 5.11 Å². The molecular formula is C12H19NO2S. The Morgan fingerprint density at radius 1 is 1.56 bits per heavy atom. The predicted molar refractivity (Wildman–Crippen MR) is 67.1 cm³/mol. The van der Waals surface area contributed by atoms with Gasteiger partial charge in [0.1, 0.15) is 0 Å². The third-order valence-corrected chi connectivity index (χ3v) is 3.99. The molecule has 4 heteroatoms. The smallest absolute Gasteiger partial charge is 0.261 e. The van der Waals surface area contributed by atoms with Gasteiger partial charge in [-0.25, -0.2) is 0 Å². The molecule has 1 unspecified atom stereocenters. The van der Waals surface area contributed by atoms with E-state index in [0.29, 0.717) is 0 Å². The summed E-state index contributed by atoms with van der Waals surface area (Å²) in [6, 6.07) is 1.78. The van der Waals surface area contributed by atoms with Crippen molar-refractivity contribution in [2.45, 2.75) is 39.7 Å². The molecule has 16 heavy (non-hydrogen) atoms. The Hall–Kier alpha value is -0.870. The second-order valence-electron chi connectivity index (χ2n) is 3.83. The molecule has 1 aromatic heterocycles. The van der Waals surface area contributed by atoms with Crippen molar-refractivity contribution in [2.24, 2.45) is 0 Å². The zero-order valence-electron chi connectivity index (χ0n) is 10.0. The molecule has 1 amide bonds. The zero-order valence-corrected chi connectivity index (χ0v) is 10.9. The van der Waals surface area contributed by atoms with Crippen LogP contribution >= 0.6 is 11.3 Å². The maximum absolute atomic E-state index is 11.8. The van der Waals surface area contributed by atoms with E-state index >= 15 is 0 Å². The van der Waals surface area contributed by atoms with Crippen LogP contribution in [0.5, 0.6) is 0 Å². The molecule has 2 N–H and O–H groups in total. The second kappa shape index (κ2) is 6.01. The van der Waals surface area contributed by atoms with Crippen LogP contribution in [0.15, 0.2) is 6.07 Å². The Bertz CT molecular complexity index is 356. The monoisotopic (exact) mass is 241 g/mol. The number of amides is 1. The number of carbonyl (C=O) groups is 1. The second-order valence-corrected chi connectivity index (χ2v) is 4.97. The lowest BCUT2D eigenvalue weighted by Gasteiger charge is -2.12. The summed E-state index contributed by atoms with van der Waals surface area (Å²) >= 11 is 1.54. The molecule has 1 atom stereocenters. The van der Waals surface area contributed by atoms with Gasteiger partial charge in [0.2, 0.25) is 0 Å². The molecule has 0 spiro atoms. The molecule has 0 bridgehead atoms. The topological polar surface area (TPSA) is 49.3 Å². The number of nitrogens with one attached hydrogen (secondary N) is 1. The molecule has 0 radical (unpaired) electrons. The average molecular weight is 241 g/mol. The molecule has 0 saturated carbocycles. The van der Waals surface area contributed by atoms with Gasteiger partial charge in [-0.2, -0.15) is 0 Å². The van der Waals surface area contributed by atoms with Gasteiger partial charge in [0.25, 0.3) is 5.91 Å². The molecule has 0 aliphatic carbocycles. The van der Waals surface area contributed by atoms with Gasteiger partial charge in [0.15, 0.2) is 0 Å². The van der Waals surface area contributed by atoms with Crippen molar-refractivity contribution in [3.63, 3.8) is 0 Å². The lowest BCUT2D eigenvalue weighted by atomic mass is 10.2. The van der Waals surface area contributed by atoms with E-state index in [1.54, 1.807) is 0 Å². The third-order valence-electron chi connectivity index (χ3n) is 2.61. The van der Waals surface area contributed by atoms with Gasteiger partial charge in [0.05, 0.1) is 17.5 Å². The average Bonchev–Trinajstić information content (AvgIpc) is 2.67. The molecular weight excluding hydrogens is 222 g/mol. The molecule has 0 fully saturated rings. The van der Waals surface area contributed by atoms with Gasteiger partial charge in [-0.15, -0.1) is 11.3 Å². The van der Waals surface area contributed by atoms with Crippen molar-refractivity contribution < 1.29 is 9.90 Å². The van der Waals surface area contributed by atoms with E-state index in [2.05, 4.69) is 12.2 Å². The molecule has 1 aromatic rings. The van der Waals surface area contributed by atoms with Crippen molar-refractivity contribution in [1.82, 2.24) is 5.32 Å². The molecule has 90 valence electrons. The Morgan fingerprint density at radius 2 is 2.25 bits per heavy atom. The summed E-state index contributed by atoms with van der Waals surface area (Å²) in [4.78, 5) is 13.8. The quantitative estimate of drug-likeness (QED) is 0.829. The Labute approximate surface area is 100 Å². The standard InChI is InChI=1S/C12H19NO2S/c1-4-9(7-14)13-12(15)11-6-8(3)10(5-2)16-11/h6,9,14H,4-5,7H2,1-3H3,(H,13,15). The third kappa shape index (κ3) is 3.06. The number of hydrogen-bond donors (Lipinski definition) is 2. The largest absolute Gasteiger partial charge is 0.394 e. The fourth-order valence-electron chi connectivity index (χ4n) is 1.52. The van der Waals surface area contributed by atoms with Gasteiger partial charge in [0, 0.05) is 4.88 Å². The van der Waals surface area contributed by atoms with Gasteiger partial charge in [-0.05, 0) is 31.4 Å². The molecule has 0 saturated heterocycles. The summed E-state index contributed by atoms with van der Waals surface area (Å²) in [5, 5.41) is 11.8. The molecule has 0 aromatic carbocycles. The SMILES string of the molecule is CCc1sc(C(=O)NC(CC)CO)cc1C. The van der Waals surface area contributed by atoms with Crippen LogP contribution in [0, 0.1) is 6.92 Å². The molecule has 0 aliphatic heterocycles. The Kier molecular flexibility index (Phi) is 4.96. The number of aliphatic hydroxyl groups is 1. The normalized spacial score (nSPS) is 12.5. The van der Waals surface area contributed by atoms with E-state index in [0.717, 1.165) is 17.7 Å². The van der Waals surface area contributed by atoms with Crippen LogP contribution < -0.4 is 5.32 Å². The number of rotatable bonds is 5. The van der Waals surface area contributed by atoms with Crippen molar-refractivity contribution in [1.29, 1.82) is 0 Å². The minimum absolute atomic E-state index is 0.00671. The summed E-state index contributed by atoms with van der Waals surface area (Å²) in [5.74, 6) is -0.0753. The van der Waals surface area contributed by atoms with Crippen LogP contribution in [0.3, 0.4) is 0 Å². The first-order chi connectivity index (χ1) is 7.62. The van der Waals surface area contributed by atoms with E-state index in [1.807, 2.05) is 19.9 Å². The molecule has 1 heterocycles. The number of aliphatic hydroxyl groups excluding tert-OH is 1. The fraction of sp³-hybridized carbons (Fsp3) is 0.583. The van der Waals surface area contributed by atoms with E-state index < -0.39 is 0 Å². The van der Waals surface area contributed by atoms with E-state index in [9.17, 15) is 4.79 Å². The van der Waals surface area contributed by atoms with E-state index in [-0.39, 0.29) is 18.6 Å². The van der Waals surface area contributed by atoms with Crippen LogP contribution in [0.2, 0.25) is 0 Å². The van der Waals surface area contributed by atoms with Crippen molar-refractivity contribution in [3.8, 4) is 0 Å². The first-order valence-corrected chi connectivity index (χ1v) is 6.45. The van der Waals surface area contributed by atoms with Crippen LogP contribution in [0.25, 0.3) is 0 Å². The number of thiophene rings is 1. The highest BCUT2D eigenvalue weighted by Crippen LogP contribution is 2.22. The minimum atomic E-state index is -0.139. The summed E-state index contributed by atoms with van der Waals surface area (Å²) in [6.07, 6.45) is 1.70. The van der Waals surface area contributed by atoms with Crippen molar-refractivity contribution >= 4 is 17.2 Å². The summed E-state index contributed by atoms with van der Waals surface area (Å²) in [6.45, 7) is 6.05. The van der Waals surface area contributed by atoms with Crippen molar-refractivity contribution in [2.75, 3.05) is 6.61 Å². The fourth-order valence-corrected chi connectivity index (χ4v) is 2.53. The molecule has 1 rings (SSSR count). The lowest BCUT2D eigenvalue weighted by Crippen LogP contribution is -2.36. The highest BCUT2D eigenvalue weighted by atomic mass is 32.1. The van der Waals surface area contributed by atoms with Crippen molar-refractivity contribution in [3.05, 3.63) is 21.4 Å². The highest BCUT2D eigenvalue weighted by molar-refractivity contribution is 7.14. The molecule has 0 aliphatic rings. The predicted octanol–water partition coefficient (Wildman–Crippen LogP) is 2.12. The van der Waals surface area contributed by atoms with Crippen LogP contribution in [-0.2, 0) is 6.42 Å². The number of aryl methyl sites for hydroxylation is 2. The van der Waals surface area contributed by atoms with Crippen LogP contribution in [-0.4, -0.2) is 23.7 Å². The highest BCUT2D eigenvalue weighted by Gasteiger charge is 2.14. The summed E-state index contributed by atoms with van der Waals surface area (Å²) < 4.78 is 0. The van der Waals surface area contributed by atoms with Crippen LogP contribution in [0.4, 0.5) is 0 Å². The Balaban J connectivity index is 2.72. The first kappa shape index (κ1) is 13.2. The van der Waals surface area contributed by atoms with Gasteiger partial charge < -0.3 is 10.4 Å². The minimum Gasteiger partial charge on any atom is -0.394 e. The van der Waals surface area contributed by atoms with Gasteiger partial charge in [-0.3, -0.25) is 4.79 Å².